The van der Waals surface area contributed by atoms with Crippen LogP contribution >= 0.6 is 11.6 Å². The molecule has 8 heteroatoms. The van der Waals surface area contributed by atoms with E-state index in [9.17, 15) is 9.18 Å². The maximum Gasteiger partial charge on any atom is 0.229 e. The average molecular weight is 492 g/mol. The number of hydrogen-bond donors (Lipinski definition) is 1. The number of hydrogen-bond acceptors (Lipinski definition) is 5. The highest BCUT2D eigenvalue weighted by Gasteiger charge is 2.59. The van der Waals surface area contributed by atoms with Crippen LogP contribution in [0.25, 0.3) is 0 Å². The van der Waals surface area contributed by atoms with E-state index in [1.165, 1.54) is 6.07 Å². The Morgan fingerprint density at radius 1 is 1.26 bits per heavy atom. The zero-order chi connectivity index (χ0) is 23.4. The number of carbonyl (C=O) groups is 1. The summed E-state index contributed by atoms with van der Waals surface area (Å²) >= 11 is 6.03. The second-order valence-electron chi connectivity index (χ2n) is 11.0. The SMILES string of the molecule is CO[C@@H]1COCC[C@@H]1N[C@@H]1C[C@H]2CCC[C@@]2(C(=O)N2C[C@@H]3C[C@H]2CN3c2ccc(F)c(Cl)c2)C1. The summed E-state index contributed by atoms with van der Waals surface area (Å²) in [5, 5.41) is 4.02. The number of halogens is 2. The van der Waals surface area contributed by atoms with Crippen LogP contribution in [0, 0.1) is 17.2 Å². The molecule has 1 amide bonds. The first-order valence-corrected chi connectivity index (χ1v) is 13.3. The van der Waals surface area contributed by atoms with Crippen LogP contribution in [0.1, 0.15) is 44.9 Å². The van der Waals surface area contributed by atoms with Crippen molar-refractivity contribution in [2.45, 2.75) is 75.2 Å². The van der Waals surface area contributed by atoms with Crippen molar-refractivity contribution in [1.29, 1.82) is 0 Å². The molecule has 6 rings (SSSR count). The first-order chi connectivity index (χ1) is 16.5. The van der Waals surface area contributed by atoms with Crippen molar-refractivity contribution in [1.82, 2.24) is 10.2 Å². The Balaban J connectivity index is 1.14. The smallest absolute Gasteiger partial charge is 0.229 e. The lowest BCUT2D eigenvalue weighted by Crippen LogP contribution is -2.54. The van der Waals surface area contributed by atoms with Gasteiger partial charge < -0.3 is 24.6 Å². The van der Waals surface area contributed by atoms with Gasteiger partial charge in [-0.25, -0.2) is 4.39 Å². The number of ether oxygens (including phenoxy) is 2. The van der Waals surface area contributed by atoms with Crippen LogP contribution in [0.5, 0.6) is 0 Å². The number of carbonyl (C=O) groups excluding carboxylic acids is 1. The van der Waals surface area contributed by atoms with Gasteiger partial charge in [0, 0.05) is 50.6 Å². The van der Waals surface area contributed by atoms with Crippen molar-refractivity contribution in [2.75, 3.05) is 38.3 Å². The highest BCUT2D eigenvalue weighted by molar-refractivity contribution is 6.31. The van der Waals surface area contributed by atoms with E-state index < -0.39 is 0 Å². The Labute approximate surface area is 206 Å². The minimum atomic E-state index is -0.389. The number of nitrogens with one attached hydrogen (secondary N) is 1. The molecule has 6 nitrogen and oxygen atoms in total. The van der Waals surface area contributed by atoms with Gasteiger partial charge in [-0.2, -0.15) is 0 Å². The van der Waals surface area contributed by atoms with Crippen molar-refractivity contribution in [3.8, 4) is 0 Å². The number of anilines is 1. The molecule has 2 saturated carbocycles. The third-order valence-electron chi connectivity index (χ3n) is 9.36. The van der Waals surface area contributed by atoms with Gasteiger partial charge in [0.2, 0.25) is 5.91 Å². The van der Waals surface area contributed by atoms with Gasteiger partial charge in [0.1, 0.15) is 5.82 Å². The van der Waals surface area contributed by atoms with Gasteiger partial charge in [-0.15, -0.1) is 0 Å². The van der Waals surface area contributed by atoms with E-state index in [2.05, 4.69) is 15.1 Å². The van der Waals surface area contributed by atoms with Crippen molar-refractivity contribution >= 4 is 23.2 Å². The summed E-state index contributed by atoms with van der Waals surface area (Å²) in [6, 6.07) is 6.14. The number of benzene rings is 1. The molecule has 5 aliphatic rings. The first kappa shape index (κ1) is 23.0. The van der Waals surface area contributed by atoms with E-state index in [0.29, 0.717) is 30.5 Å². The van der Waals surface area contributed by atoms with Crippen LogP contribution in [0.2, 0.25) is 5.02 Å². The van der Waals surface area contributed by atoms with Gasteiger partial charge >= 0.3 is 0 Å². The molecule has 2 aliphatic carbocycles. The second-order valence-corrected chi connectivity index (χ2v) is 11.5. The summed E-state index contributed by atoms with van der Waals surface area (Å²) in [5.41, 5.74) is 0.747. The van der Waals surface area contributed by atoms with Crippen LogP contribution in [-0.2, 0) is 14.3 Å². The van der Waals surface area contributed by atoms with E-state index in [0.717, 1.165) is 70.3 Å². The van der Waals surface area contributed by atoms with E-state index in [1.807, 2.05) is 0 Å². The van der Waals surface area contributed by atoms with Crippen LogP contribution in [-0.4, -0.2) is 74.5 Å². The minimum Gasteiger partial charge on any atom is -0.379 e. The number of amides is 1. The third-order valence-corrected chi connectivity index (χ3v) is 9.65. The third kappa shape index (κ3) is 3.74. The normalized spacial score (nSPS) is 39.1. The molecule has 5 fully saturated rings. The Morgan fingerprint density at radius 2 is 2.15 bits per heavy atom. The zero-order valence-corrected chi connectivity index (χ0v) is 20.6. The molecule has 0 radical (unpaired) electrons. The van der Waals surface area contributed by atoms with Crippen LogP contribution < -0.4 is 10.2 Å². The molecule has 3 aliphatic heterocycles. The molecule has 1 aromatic rings. The van der Waals surface area contributed by atoms with Crippen molar-refractivity contribution < 1.29 is 18.7 Å². The second kappa shape index (κ2) is 8.91. The fraction of sp³-hybridized carbons (Fsp3) is 0.731. The lowest BCUT2D eigenvalue weighted by Gasteiger charge is -2.41. The Kier molecular flexibility index (Phi) is 6.03. The quantitative estimate of drug-likeness (QED) is 0.682. The van der Waals surface area contributed by atoms with E-state index in [4.69, 9.17) is 21.1 Å². The van der Waals surface area contributed by atoms with Gasteiger partial charge in [0.15, 0.2) is 0 Å². The summed E-state index contributed by atoms with van der Waals surface area (Å²) in [6.07, 6.45) is 7.39. The minimum absolute atomic E-state index is 0.0844. The molecule has 34 heavy (non-hydrogen) atoms. The Bertz CT molecular complexity index is 950. The monoisotopic (exact) mass is 491 g/mol. The molecule has 1 aromatic carbocycles. The zero-order valence-electron chi connectivity index (χ0n) is 19.8. The van der Waals surface area contributed by atoms with Crippen LogP contribution in [0.3, 0.4) is 0 Å². The van der Waals surface area contributed by atoms with Crippen molar-refractivity contribution in [3.63, 3.8) is 0 Å². The number of fused-ring (bicyclic) bond motifs is 3. The molecule has 3 heterocycles. The van der Waals surface area contributed by atoms with Gasteiger partial charge in [-0.05, 0) is 62.6 Å². The maximum atomic E-state index is 14.1. The number of rotatable bonds is 5. The molecule has 186 valence electrons. The Morgan fingerprint density at radius 3 is 2.91 bits per heavy atom. The molecule has 7 atom stereocenters. The highest BCUT2D eigenvalue weighted by atomic mass is 35.5. The fourth-order valence-electron chi connectivity index (χ4n) is 7.74. The van der Waals surface area contributed by atoms with Crippen LogP contribution in [0.15, 0.2) is 18.2 Å². The van der Waals surface area contributed by atoms with Crippen molar-refractivity contribution in [3.05, 3.63) is 29.0 Å². The summed E-state index contributed by atoms with van der Waals surface area (Å²) < 4.78 is 24.9. The summed E-state index contributed by atoms with van der Waals surface area (Å²) in [6.45, 7) is 2.97. The van der Waals surface area contributed by atoms with E-state index >= 15 is 0 Å². The molecule has 0 unspecified atom stereocenters. The lowest BCUT2D eigenvalue weighted by atomic mass is 9.78. The number of methoxy groups -OCH3 is 1. The van der Waals surface area contributed by atoms with Gasteiger partial charge in [0.25, 0.3) is 0 Å². The predicted molar refractivity (Wildman–Crippen MR) is 129 cm³/mol. The highest BCUT2D eigenvalue weighted by Crippen LogP contribution is 2.56. The van der Waals surface area contributed by atoms with Gasteiger partial charge in [-0.3, -0.25) is 4.79 Å². The largest absolute Gasteiger partial charge is 0.379 e. The van der Waals surface area contributed by atoms with Crippen molar-refractivity contribution in [2.24, 2.45) is 11.3 Å². The van der Waals surface area contributed by atoms with Gasteiger partial charge in [0.05, 0.1) is 29.2 Å². The number of piperazine rings is 1. The van der Waals surface area contributed by atoms with Crippen LogP contribution in [0.4, 0.5) is 10.1 Å². The number of likely N-dealkylation sites (tertiary alicyclic amines) is 1. The van der Waals surface area contributed by atoms with E-state index in [-0.39, 0.29) is 34.4 Å². The van der Waals surface area contributed by atoms with E-state index in [1.54, 1.807) is 19.2 Å². The topological polar surface area (TPSA) is 54.0 Å². The molecule has 0 spiro atoms. The summed E-state index contributed by atoms with van der Waals surface area (Å²) in [7, 11) is 1.76. The molecular formula is C26H35ClFN3O3. The maximum absolute atomic E-state index is 14.1. The Hall–Kier alpha value is -1.41. The summed E-state index contributed by atoms with van der Waals surface area (Å²) in [5.74, 6) is 0.475. The first-order valence-electron chi connectivity index (χ1n) is 12.9. The molecule has 1 N–H and O–H groups in total. The lowest BCUT2D eigenvalue weighted by molar-refractivity contribution is -0.144. The van der Waals surface area contributed by atoms with Gasteiger partial charge in [-0.1, -0.05) is 18.0 Å². The average Bonchev–Trinajstić information content (AvgIpc) is 3.60. The molecule has 0 aromatic heterocycles. The summed E-state index contributed by atoms with van der Waals surface area (Å²) in [4.78, 5) is 18.6. The standard InChI is InChI=1S/C26H35ClFN3O3/c1-33-24-15-34-8-6-23(24)29-17-9-16-3-2-7-26(16,12-17)25(32)31-14-19-10-20(31)13-30(19)18-4-5-22(28)21(27)11-18/h4-5,11,16-17,19-20,23-24,29H,2-3,6-10,12-15H2,1H3/t16-,17-,19+,20+,23+,24-,26-/m1/s1. The molecule has 3 saturated heterocycles. The fourth-order valence-corrected chi connectivity index (χ4v) is 7.91. The predicted octanol–water partition coefficient (Wildman–Crippen LogP) is 3.61. The number of nitrogens with zero attached hydrogens (tertiary/aromatic N) is 2. The molecule has 2 bridgehead atoms. The molecular weight excluding hydrogens is 457 g/mol.